The smallest absolute Gasteiger partial charge is 0.222 e. The molecule has 3 heterocycles. The molecular weight excluding hydrogens is 491 g/mol. The van der Waals surface area contributed by atoms with Crippen molar-refractivity contribution in [2.75, 3.05) is 0 Å². The molecular formula is C30H37FN8. The summed E-state index contributed by atoms with van der Waals surface area (Å²) in [5, 5.41) is 22.5. The first-order valence-corrected chi connectivity index (χ1v) is 13.3. The number of halogens is 1. The van der Waals surface area contributed by atoms with Gasteiger partial charge in [-0.05, 0) is 73.0 Å². The molecule has 0 fully saturated rings. The topological polar surface area (TPSA) is 97.2 Å². The fraction of sp³-hybridized carbons (Fsp3) is 0.300. The quantitative estimate of drug-likeness (QED) is 0.213. The van der Waals surface area contributed by atoms with Crippen molar-refractivity contribution in [1.82, 2.24) is 40.7 Å². The van der Waals surface area contributed by atoms with Crippen molar-refractivity contribution < 1.29 is 4.39 Å². The average Bonchev–Trinajstić information content (AvgIpc) is 3.64. The van der Waals surface area contributed by atoms with Crippen LogP contribution in [-0.2, 0) is 0 Å². The number of nitrogens with one attached hydrogen (secondary N) is 2. The van der Waals surface area contributed by atoms with E-state index in [9.17, 15) is 4.39 Å². The number of pyridine rings is 1. The number of allylic oxidation sites excluding steroid dienone is 3. The van der Waals surface area contributed by atoms with E-state index in [0.29, 0.717) is 11.5 Å². The van der Waals surface area contributed by atoms with Crippen molar-refractivity contribution in [3.63, 3.8) is 0 Å². The number of rotatable bonds is 10. The van der Waals surface area contributed by atoms with E-state index in [-0.39, 0.29) is 11.9 Å². The van der Waals surface area contributed by atoms with Crippen molar-refractivity contribution >= 4 is 11.6 Å². The van der Waals surface area contributed by atoms with Crippen LogP contribution in [0.4, 0.5) is 4.39 Å². The van der Waals surface area contributed by atoms with Gasteiger partial charge in [-0.15, -0.1) is 10.2 Å². The molecule has 8 nitrogen and oxygen atoms in total. The van der Waals surface area contributed by atoms with Gasteiger partial charge in [-0.25, -0.2) is 9.07 Å². The molecule has 0 aliphatic rings. The van der Waals surface area contributed by atoms with Crippen LogP contribution < -0.4 is 5.32 Å². The van der Waals surface area contributed by atoms with Gasteiger partial charge >= 0.3 is 0 Å². The maximum absolute atomic E-state index is 13.5. The SMILES string of the molecule is C=Cc1c(C(=C\C)/C(=C\CC)NC(CC)c2ccnc(-c3nn[nH]n3)c2)cnn1-c1ccc(F)cc1.CCC. The zero-order chi connectivity index (χ0) is 28.2. The molecule has 3 aromatic heterocycles. The third-order valence-corrected chi connectivity index (χ3v) is 5.85. The van der Waals surface area contributed by atoms with Gasteiger partial charge in [0.25, 0.3) is 0 Å². The lowest BCUT2D eigenvalue weighted by molar-refractivity contribution is 0.587. The van der Waals surface area contributed by atoms with Crippen LogP contribution in [0.5, 0.6) is 0 Å². The second-order valence-corrected chi connectivity index (χ2v) is 8.79. The van der Waals surface area contributed by atoms with Gasteiger partial charge in [0.05, 0.1) is 23.6 Å². The van der Waals surface area contributed by atoms with E-state index in [1.165, 1.54) is 18.6 Å². The summed E-state index contributed by atoms with van der Waals surface area (Å²) >= 11 is 0. The van der Waals surface area contributed by atoms with Crippen molar-refractivity contribution in [2.45, 2.75) is 59.9 Å². The van der Waals surface area contributed by atoms with Crippen LogP contribution >= 0.6 is 0 Å². The van der Waals surface area contributed by atoms with E-state index in [4.69, 9.17) is 0 Å². The van der Waals surface area contributed by atoms with Gasteiger partial charge in [-0.1, -0.05) is 52.8 Å². The van der Waals surface area contributed by atoms with Crippen LogP contribution in [0.25, 0.3) is 28.9 Å². The average molecular weight is 529 g/mol. The number of nitrogens with zero attached hydrogens (tertiary/aromatic N) is 6. The van der Waals surface area contributed by atoms with Crippen molar-refractivity contribution in [3.05, 3.63) is 95.9 Å². The summed E-state index contributed by atoms with van der Waals surface area (Å²) in [7, 11) is 0. The fourth-order valence-corrected chi connectivity index (χ4v) is 4.12. The number of benzene rings is 1. The van der Waals surface area contributed by atoms with Crippen molar-refractivity contribution in [1.29, 1.82) is 0 Å². The summed E-state index contributed by atoms with van der Waals surface area (Å²) in [6.45, 7) is 14.5. The Labute approximate surface area is 229 Å². The van der Waals surface area contributed by atoms with Gasteiger partial charge in [0, 0.05) is 23.0 Å². The number of tetrazole rings is 1. The molecule has 0 spiro atoms. The monoisotopic (exact) mass is 528 g/mol. The lowest BCUT2D eigenvalue weighted by Crippen LogP contribution is -2.21. The minimum Gasteiger partial charge on any atom is -0.378 e. The molecule has 0 aliphatic heterocycles. The molecule has 4 aromatic rings. The van der Waals surface area contributed by atoms with E-state index in [1.807, 2.05) is 25.3 Å². The molecule has 1 unspecified atom stereocenters. The number of aromatic amines is 1. The predicted molar refractivity (Wildman–Crippen MR) is 155 cm³/mol. The number of aromatic nitrogens is 7. The summed E-state index contributed by atoms with van der Waals surface area (Å²) in [5.74, 6) is 0.163. The lowest BCUT2D eigenvalue weighted by atomic mass is 9.98. The van der Waals surface area contributed by atoms with Crippen molar-refractivity contribution in [3.8, 4) is 17.2 Å². The summed E-state index contributed by atoms with van der Waals surface area (Å²) in [4.78, 5) is 4.39. The maximum Gasteiger partial charge on any atom is 0.222 e. The van der Waals surface area contributed by atoms with Crippen molar-refractivity contribution in [2.24, 2.45) is 0 Å². The van der Waals surface area contributed by atoms with Gasteiger partial charge < -0.3 is 5.32 Å². The first-order valence-electron chi connectivity index (χ1n) is 13.3. The number of hydrogen-bond acceptors (Lipinski definition) is 6. The van der Waals surface area contributed by atoms with Gasteiger partial charge in [0.1, 0.15) is 11.5 Å². The van der Waals surface area contributed by atoms with Crippen LogP contribution in [-0.4, -0.2) is 35.4 Å². The molecule has 204 valence electrons. The Morgan fingerprint density at radius 3 is 2.49 bits per heavy atom. The minimum atomic E-state index is -0.290. The predicted octanol–water partition coefficient (Wildman–Crippen LogP) is 7.08. The molecule has 0 amide bonds. The van der Waals surface area contributed by atoms with Gasteiger partial charge in [-0.3, -0.25) is 4.98 Å². The van der Waals surface area contributed by atoms with E-state index in [1.54, 1.807) is 29.1 Å². The molecule has 0 bridgehead atoms. The van der Waals surface area contributed by atoms with Gasteiger partial charge in [-0.2, -0.15) is 10.3 Å². The Morgan fingerprint density at radius 2 is 1.90 bits per heavy atom. The Morgan fingerprint density at radius 1 is 1.15 bits per heavy atom. The standard InChI is InChI=1S/C27H29FN8.C3H8/c1-5-9-24(31-23(7-3)18-14-15-29-25(16-18)27-32-34-35-33-27)21(6-2)22-17-30-36(26(22)8-4)20-12-10-19(28)11-13-20;1-3-2/h6,8-17,23,31H,4-5,7H2,1-3H3,(H,32,33,34,35);3H2,1-2H3/b21-6+,24-9+;. The molecule has 0 radical (unpaired) electrons. The summed E-state index contributed by atoms with van der Waals surface area (Å²) in [6.07, 6.45) is 12.5. The molecule has 1 aromatic carbocycles. The molecule has 39 heavy (non-hydrogen) atoms. The highest BCUT2D eigenvalue weighted by Crippen LogP contribution is 2.30. The fourth-order valence-electron chi connectivity index (χ4n) is 4.12. The van der Waals surface area contributed by atoms with E-state index >= 15 is 0 Å². The molecule has 2 N–H and O–H groups in total. The first kappa shape index (κ1) is 29.2. The molecule has 4 rings (SSSR count). The Hall–Kier alpha value is -4.40. The number of H-pyrrole nitrogens is 1. The molecule has 0 aliphatic carbocycles. The number of hydrogen-bond donors (Lipinski definition) is 2. The summed E-state index contributed by atoms with van der Waals surface area (Å²) in [5.41, 5.74) is 6.24. The third kappa shape index (κ3) is 7.13. The van der Waals surface area contributed by atoms with Crippen LogP contribution in [0.15, 0.2) is 73.2 Å². The largest absolute Gasteiger partial charge is 0.378 e. The van der Waals surface area contributed by atoms with E-state index in [0.717, 1.165) is 46.6 Å². The lowest BCUT2D eigenvalue weighted by Gasteiger charge is -2.23. The maximum atomic E-state index is 13.5. The van der Waals surface area contributed by atoms with E-state index < -0.39 is 0 Å². The molecule has 0 saturated heterocycles. The first-order chi connectivity index (χ1) is 19.0. The van der Waals surface area contributed by atoms with Crippen LogP contribution in [0, 0.1) is 5.82 Å². The van der Waals surface area contributed by atoms with Crippen LogP contribution in [0.2, 0.25) is 0 Å². The molecule has 1 atom stereocenters. The zero-order valence-corrected chi connectivity index (χ0v) is 23.3. The highest BCUT2D eigenvalue weighted by Gasteiger charge is 2.20. The van der Waals surface area contributed by atoms with Crippen LogP contribution in [0.3, 0.4) is 0 Å². The summed E-state index contributed by atoms with van der Waals surface area (Å²) in [6, 6.07) is 10.2. The second-order valence-electron chi connectivity index (χ2n) is 8.79. The van der Waals surface area contributed by atoms with Crippen LogP contribution in [0.1, 0.15) is 76.7 Å². The summed E-state index contributed by atoms with van der Waals surface area (Å²) < 4.78 is 15.2. The molecule has 0 saturated carbocycles. The Balaban J connectivity index is 0.00000134. The Bertz CT molecular complexity index is 1380. The van der Waals surface area contributed by atoms with Gasteiger partial charge in [0.15, 0.2) is 0 Å². The molecule has 9 heteroatoms. The second kappa shape index (κ2) is 14.5. The zero-order valence-electron chi connectivity index (χ0n) is 23.3. The third-order valence-electron chi connectivity index (χ3n) is 5.85. The minimum absolute atomic E-state index is 0.0192. The van der Waals surface area contributed by atoms with Gasteiger partial charge in [0.2, 0.25) is 5.82 Å². The normalized spacial score (nSPS) is 12.5. The van der Waals surface area contributed by atoms with E-state index in [2.05, 4.69) is 82.4 Å². The highest BCUT2D eigenvalue weighted by molar-refractivity contribution is 5.82. The highest BCUT2D eigenvalue weighted by atomic mass is 19.1. The Kier molecular flexibility index (Phi) is 10.9.